The van der Waals surface area contributed by atoms with Crippen LogP contribution in [0.1, 0.15) is 35.6 Å². The molecule has 0 aliphatic carbocycles. The van der Waals surface area contributed by atoms with Crippen molar-refractivity contribution in [3.8, 4) is 5.69 Å². The number of ether oxygens (including phenoxy) is 1. The van der Waals surface area contributed by atoms with E-state index in [1.165, 1.54) is 4.68 Å². The quantitative estimate of drug-likeness (QED) is 0.163. The number of hydrogen-bond acceptors (Lipinski definition) is 6. The molecule has 0 unspecified atom stereocenters. The van der Waals surface area contributed by atoms with Crippen molar-refractivity contribution in [3.05, 3.63) is 136 Å². The summed E-state index contributed by atoms with van der Waals surface area (Å²) in [5, 5.41) is 16.0. The van der Waals surface area contributed by atoms with Crippen LogP contribution in [0.25, 0.3) is 16.5 Å². The second kappa shape index (κ2) is 12.9. The minimum absolute atomic E-state index is 0.0965. The molecular weight excluding hydrogens is 676 g/mol. The average molecular weight is 717 g/mol. The highest BCUT2D eigenvalue weighted by Gasteiger charge is 2.67. The van der Waals surface area contributed by atoms with Crippen molar-refractivity contribution in [2.45, 2.75) is 69.2 Å². The van der Waals surface area contributed by atoms with Crippen molar-refractivity contribution in [1.82, 2.24) is 14.7 Å². The van der Waals surface area contributed by atoms with Crippen LogP contribution in [-0.4, -0.2) is 58.8 Å². The number of carbonyl (C=O) groups excluding carboxylic acids is 2. The van der Waals surface area contributed by atoms with Crippen LogP contribution in [-0.2, 0) is 39.4 Å². The molecule has 3 aliphatic heterocycles. The summed E-state index contributed by atoms with van der Waals surface area (Å²) in [6, 6.07) is 29.6. The van der Waals surface area contributed by atoms with E-state index in [0.29, 0.717) is 35.3 Å². The SMILES string of the molecule is C[C@H]1[C@H]([Si](C)(C)F)[C@@H](CC(=O)N2Cc3ccccc3C[C@H]2CO)O[C@]12C(=O)N(Cc1cccc(-n3ncc4ccccc4c3=O)c1)c1ccccc12. The molecule has 0 bridgehead atoms. The number of aliphatic hydroxyl groups excluding tert-OH is 1. The Bertz CT molecular complexity index is 2270. The van der Waals surface area contributed by atoms with Crippen LogP contribution in [0.2, 0.25) is 18.6 Å². The van der Waals surface area contributed by atoms with Crippen LogP contribution < -0.4 is 10.5 Å². The van der Waals surface area contributed by atoms with Crippen LogP contribution in [0.3, 0.4) is 0 Å². The summed E-state index contributed by atoms with van der Waals surface area (Å²) in [7, 11) is -3.52. The van der Waals surface area contributed by atoms with Gasteiger partial charge in [0.1, 0.15) is 0 Å². The van der Waals surface area contributed by atoms with Crippen molar-refractivity contribution < 1.29 is 23.5 Å². The molecule has 5 aromatic rings. The summed E-state index contributed by atoms with van der Waals surface area (Å²) < 4.78 is 24.7. The third-order valence-corrected chi connectivity index (χ3v) is 13.8. The van der Waals surface area contributed by atoms with E-state index in [4.69, 9.17) is 4.74 Å². The molecule has 2 amide bonds. The first-order valence-corrected chi connectivity index (χ1v) is 20.8. The second-order valence-corrected chi connectivity index (χ2v) is 18.6. The lowest BCUT2D eigenvalue weighted by atomic mass is 9.82. The van der Waals surface area contributed by atoms with E-state index in [0.717, 1.165) is 22.1 Å². The number of benzene rings is 4. The lowest BCUT2D eigenvalue weighted by Gasteiger charge is -2.37. The fourth-order valence-electron chi connectivity index (χ4n) is 8.93. The predicted octanol–water partition coefficient (Wildman–Crippen LogP) is 6.04. The molecule has 266 valence electrons. The van der Waals surface area contributed by atoms with Gasteiger partial charge in [-0.1, -0.05) is 79.7 Å². The number of nitrogens with zero attached hydrogens (tertiary/aromatic N) is 4. The van der Waals surface area contributed by atoms with E-state index >= 15 is 4.11 Å². The first-order chi connectivity index (χ1) is 25.0. The highest BCUT2D eigenvalue weighted by molar-refractivity contribution is 6.72. The van der Waals surface area contributed by atoms with Crippen molar-refractivity contribution in [3.63, 3.8) is 0 Å². The highest BCUT2D eigenvalue weighted by atomic mass is 28.4. The first kappa shape index (κ1) is 34.1. The fraction of sp³-hybridized carbons (Fsp3) is 0.317. The van der Waals surface area contributed by atoms with Gasteiger partial charge < -0.3 is 23.8 Å². The van der Waals surface area contributed by atoms with E-state index in [9.17, 15) is 19.5 Å². The first-order valence-electron chi connectivity index (χ1n) is 17.8. The zero-order valence-corrected chi connectivity index (χ0v) is 30.4. The Morgan fingerprint density at radius 1 is 0.981 bits per heavy atom. The molecule has 8 rings (SSSR count). The Kier molecular flexibility index (Phi) is 8.47. The van der Waals surface area contributed by atoms with Crippen LogP contribution in [0, 0.1) is 5.92 Å². The van der Waals surface area contributed by atoms with E-state index in [1.54, 1.807) is 41.2 Å². The van der Waals surface area contributed by atoms with E-state index < -0.39 is 37.6 Å². The largest absolute Gasteiger partial charge is 0.394 e. The van der Waals surface area contributed by atoms with E-state index in [1.807, 2.05) is 91.9 Å². The van der Waals surface area contributed by atoms with Crippen molar-refractivity contribution in [2.24, 2.45) is 5.92 Å². The standard InChI is InChI=1S/C41H41FN4O5Si/c1-26-38(52(2,3)42)36(21-37(48)44-24-30-14-5-4-12-28(30)20-32(44)25-47)51-41(26)34-17-8-9-18-35(34)45(40(41)50)23-27-11-10-15-31(19-27)46-39(49)33-16-7-6-13-29(33)22-43-46/h4-19,22,26,32,36,38,47H,20-21,23-25H2,1-3H3/t26-,32-,36+,38-,41+/m0/s1. The summed E-state index contributed by atoms with van der Waals surface area (Å²) in [4.78, 5) is 45.7. The Morgan fingerprint density at radius 3 is 2.50 bits per heavy atom. The number of aromatic nitrogens is 2. The van der Waals surface area contributed by atoms with E-state index in [2.05, 4.69) is 5.10 Å². The van der Waals surface area contributed by atoms with Gasteiger partial charge in [0.25, 0.3) is 11.5 Å². The van der Waals surface area contributed by atoms with Gasteiger partial charge in [0.05, 0.1) is 54.7 Å². The Morgan fingerprint density at radius 2 is 1.71 bits per heavy atom. The number of halogens is 1. The van der Waals surface area contributed by atoms with Crippen molar-refractivity contribution in [2.75, 3.05) is 11.5 Å². The van der Waals surface area contributed by atoms with Gasteiger partial charge >= 0.3 is 0 Å². The molecule has 11 heteroatoms. The molecule has 3 aliphatic rings. The predicted molar refractivity (Wildman–Crippen MR) is 199 cm³/mol. The summed E-state index contributed by atoms with van der Waals surface area (Å²) in [5.41, 5.74) is 2.42. The molecule has 1 N–H and O–H groups in total. The van der Waals surface area contributed by atoms with Gasteiger partial charge in [0, 0.05) is 29.0 Å². The maximum Gasteiger partial charge on any atom is 0.279 e. The van der Waals surface area contributed by atoms with Gasteiger partial charge in [-0.05, 0) is 60.5 Å². The lowest BCUT2D eigenvalue weighted by Crippen LogP contribution is -2.48. The summed E-state index contributed by atoms with van der Waals surface area (Å²) in [6.45, 7) is 5.47. The van der Waals surface area contributed by atoms with Gasteiger partial charge in [-0.2, -0.15) is 9.78 Å². The zero-order chi connectivity index (χ0) is 36.4. The fourth-order valence-corrected chi connectivity index (χ4v) is 11.4. The number of amides is 2. The minimum Gasteiger partial charge on any atom is -0.394 e. The molecule has 1 saturated heterocycles. The van der Waals surface area contributed by atoms with Gasteiger partial charge in [-0.25, -0.2) is 0 Å². The molecule has 4 heterocycles. The molecule has 1 spiro atoms. The number of carbonyl (C=O) groups is 2. The van der Waals surface area contributed by atoms with Crippen LogP contribution in [0.5, 0.6) is 0 Å². The van der Waals surface area contributed by atoms with Crippen LogP contribution >= 0.6 is 0 Å². The Labute approximate surface area is 302 Å². The molecule has 52 heavy (non-hydrogen) atoms. The topological polar surface area (TPSA) is 105 Å². The van der Waals surface area contributed by atoms with Gasteiger partial charge in [0.15, 0.2) is 5.60 Å². The second-order valence-electron chi connectivity index (χ2n) is 14.8. The maximum atomic E-state index is 16.5. The number of anilines is 1. The van der Waals surface area contributed by atoms with Crippen molar-refractivity contribution >= 4 is 36.7 Å². The average Bonchev–Trinajstić information content (AvgIpc) is 3.57. The zero-order valence-electron chi connectivity index (χ0n) is 29.4. The summed E-state index contributed by atoms with van der Waals surface area (Å²) >= 11 is 0. The third-order valence-electron chi connectivity index (χ3n) is 11.3. The van der Waals surface area contributed by atoms with Crippen LogP contribution in [0.4, 0.5) is 9.80 Å². The van der Waals surface area contributed by atoms with Gasteiger partial charge in [0.2, 0.25) is 14.3 Å². The third kappa shape index (κ3) is 5.50. The molecule has 1 aromatic heterocycles. The normalized spacial score (nSPS) is 24.1. The molecule has 0 saturated carbocycles. The molecule has 9 nitrogen and oxygen atoms in total. The molecule has 4 aromatic carbocycles. The number of hydrogen-bond donors (Lipinski definition) is 1. The summed E-state index contributed by atoms with van der Waals surface area (Å²) in [5.74, 6) is -1.08. The van der Waals surface area contributed by atoms with Gasteiger partial charge in [-0.15, -0.1) is 0 Å². The number of rotatable bonds is 7. The molecular formula is C41H41FN4O5Si. The highest BCUT2D eigenvalue weighted by Crippen LogP contribution is 2.60. The smallest absolute Gasteiger partial charge is 0.279 e. The monoisotopic (exact) mass is 716 g/mol. The van der Waals surface area contributed by atoms with Crippen LogP contribution in [0.15, 0.2) is 108 Å². The number of para-hydroxylation sites is 1. The number of aliphatic hydroxyl groups is 1. The molecule has 5 atom stereocenters. The molecule has 1 fully saturated rings. The van der Waals surface area contributed by atoms with Gasteiger partial charge in [-0.3, -0.25) is 14.4 Å². The number of fused-ring (bicyclic) bond motifs is 4. The Hall–Kier alpha value is -4.97. The maximum absolute atomic E-state index is 16.5. The van der Waals surface area contributed by atoms with Crippen molar-refractivity contribution in [1.29, 1.82) is 0 Å². The minimum atomic E-state index is -3.52. The van der Waals surface area contributed by atoms with E-state index in [-0.39, 0.29) is 36.9 Å². The summed E-state index contributed by atoms with van der Waals surface area (Å²) in [6.07, 6.45) is 1.26. The Balaban J connectivity index is 1.11. The molecule has 0 radical (unpaired) electrons. The lowest BCUT2D eigenvalue weighted by molar-refractivity contribution is -0.151.